The third-order valence-corrected chi connectivity index (χ3v) is 2.34. The first-order valence-corrected chi connectivity index (χ1v) is 4.42. The molecule has 4 nitrogen and oxygen atoms in total. The van der Waals surface area contributed by atoms with Gasteiger partial charge in [0.2, 0.25) is 0 Å². The molecule has 0 radical (unpaired) electrons. The van der Waals surface area contributed by atoms with Crippen LogP contribution >= 0.6 is 0 Å². The first kappa shape index (κ1) is 9.45. The molecule has 0 amide bonds. The number of aromatic hydroxyl groups is 1. The van der Waals surface area contributed by atoms with E-state index in [0.29, 0.717) is 5.39 Å². The molecule has 0 unspecified atom stereocenters. The van der Waals surface area contributed by atoms with Crippen molar-refractivity contribution < 1.29 is 15.0 Å². The van der Waals surface area contributed by atoms with Crippen LogP contribution < -0.4 is 0 Å². The van der Waals surface area contributed by atoms with E-state index in [1.165, 1.54) is 12.3 Å². The molecule has 2 aromatic rings. The summed E-state index contributed by atoms with van der Waals surface area (Å²) in [5.74, 6) is -1.36. The van der Waals surface area contributed by atoms with Crippen LogP contribution in [-0.2, 0) is 0 Å². The number of carboxylic acids is 1. The fraction of sp³-hybridized carbons (Fsp3) is 0.0909. The van der Waals surface area contributed by atoms with Crippen LogP contribution in [-0.4, -0.2) is 21.2 Å². The fourth-order valence-corrected chi connectivity index (χ4v) is 1.61. The van der Waals surface area contributed by atoms with Gasteiger partial charge in [-0.25, -0.2) is 4.79 Å². The molecule has 0 saturated heterocycles. The lowest BCUT2D eigenvalue weighted by atomic mass is 10.0. The maximum atomic E-state index is 11.0. The molecule has 15 heavy (non-hydrogen) atoms. The van der Waals surface area contributed by atoms with Gasteiger partial charge in [-0.05, 0) is 25.1 Å². The van der Waals surface area contributed by atoms with Gasteiger partial charge in [-0.3, -0.25) is 4.98 Å². The summed E-state index contributed by atoms with van der Waals surface area (Å²) in [5.41, 5.74) is 0.674. The number of nitrogens with zero attached hydrogens (tertiary/aromatic N) is 1. The Morgan fingerprint density at radius 3 is 2.67 bits per heavy atom. The highest BCUT2D eigenvalue weighted by atomic mass is 16.4. The molecule has 1 heterocycles. The summed E-state index contributed by atoms with van der Waals surface area (Å²) in [7, 11) is 0. The Balaban J connectivity index is 2.94. The predicted octanol–water partition coefficient (Wildman–Crippen LogP) is 1.95. The maximum absolute atomic E-state index is 11.0. The van der Waals surface area contributed by atoms with Crippen molar-refractivity contribution >= 4 is 16.7 Å². The topological polar surface area (TPSA) is 70.4 Å². The van der Waals surface area contributed by atoms with Crippen LogP contribution in [0.25, 0.3) is 10.8 Å². The average molecular weight is 203 g/mol. The van der Waals surface area contributed by atoms with E-state index in [0.717, 1.165) is 11.1 Å². The number of carboxylic acid groups (broad SMARTS) is 1. The molecule has 4 heteroatoms. The maximum Gasteiger partial charge on any atom is 0.340 e. The molecule has 1 aromatic carbocycles. The monoisotopic (exact) mass is 203 g/mol. The normalized spacial score (nSPS) is 10.5. The second-order valence-corrected chi connectivity index (χ2v) is 3.26. The smallest absolute Gasteiger partial charge is 0.340 e. The lowest BCUT2D eigenvalue weighted by Crippen LogP contribution is -1.99. The van der Waals surface area contributed by atoms with E-state index in [1.54, 1.807) is 19.1 Å². The number of carbonyl (C=O) groups is 1. The number of pyridine rings is 1. The third kappa shape index (κ3) is 1.40. The number of fused-ring (bicyclic) bond motifs is 1. The van der Waals surface area contributed by atoms with Crippen LogP contribution in [0.1, 0.15) is 16.1 Å². The SMILES string of the molecule is Cc1nccc2c(C(=O)O)c(O)ccc12. The van der Waals surface area contributed by atoms with Crippen LogP contribution in [0.15, 0.2) is 24.4 Å². The molecule has 0 aliphatic rings. The van der Waals surface area contributed by atoms with Crippen LogP contribution in [0.2, 0.25) is 0 Å². The van der Waals surface area contributed by atoms with Gasteiger partial charge in [-0.15, -0.1) is 0 Å². The van der Waals surface area contributed by atoms with Gasteiger partial charge in [-0.2, -0.15) is 0 Å². The number of benzene rings is 1. The molecule has 1 aromatic heterocycles. The van der Waals surface area contributed by atoms with Crippen molar-refractivity contribution in [1.29, 1.82) is 0 Å². The minimum absolute atomic E-state index is 0.0713. The molecule has 76 valence electrons. The molecule has 0 fully saturated rings. The van der Waals surface area contributed by atoms with Gasteiger partial charge in [0, 0.05) is 22.7 Å². The Morgan fingerprint density at radius 2 is 2.00 bits per heavy atom. The zero-order valence-corrected chi connectivity index (χ0v) is 8.06. The lowest BCUT2D eigenvalue weighted by Gasteiger charge is -2.06. The number of phenols is 1. The van der Waals surface area contributed by atoms with Crippen LogP contribution in [0.5, 0.6) is 5.75 Å². The van der Waals surface area contributed by atoms with Gasteiger partial charge in [0.25, 0.3) is 0 Å². The first-order chi connectivity index (χ1) is 7.11. The summed E-state index contributed by atoms with van der Waals surface area (Å²) in [4.78, 5) is 15.0. The van der Waals surface area contributed by atoms with Crippen LogP contribution in [0.4, 0.5) is 0 Å². The Kier molecular flexibility index (Phi) is 2.04. The minimum Gasteiger partial charge on any atom is -0.507 e. The highest BCUT2D eigenvalue weighted by molar-refractivity contribution is 6.06. The highest BCUT2D eigenvalue weighted by Crippen LogP contribution is 2.27. The number of aromatic carboxylic acids is 1. The third-order valence-electron chi connectivity index (χ3n) is 2.34. The Hall–Kier alpha value is -2.10. The summed E-state index contributed by atoms with van der Waals surface area (Å²) in [5, 5.41) is 19.7. The van der Waals surface area contributed by atoms with Crippen molar-refractivity contribution in [3.05, 3.63) is 35.7 Å². The standard InChI is InChI=1S/C11H9NO3/c1-6-7-2-3-9(13)10(11(14)15)8(7)4-5-12-6/h2-5,13H,1H3,(H,14,15). The number of hydrogen-bond acceptors (Lipinski definition) is 3. The molecular formula is C11H9NO3. The average Bonchev–Trinajstić information content (AvgIpc) is 2.17. The van der Waals surface area contributed by atoms with Crippen molar-refractivity contribution in [1.82, 2.24) is 4.98 Å². The first-order valence-electron chi connectivity index (χ1n) is 4.42. The van der Waals surface area contributed by atoms with Gasteiger partial charge in [-0.1, -0.05) is 0 Å². The summed E-state index contributed by atoms with van der Waals surface area (Å²) in [6.07, 6.45) is 1.53. The Labute approximate surface area is 85.8 Å². The van der Waals surface area contributed by atoms with E-state index >= 15 is 0 Å². The predicted molar refractivity (Wildman–Crippen MR) is 55.1 cm³/mol. The Morgan fingerprint density at radius 1 is 1.27 bits per heavy atom. The lowest BCUT2D eigenvalue weighted by molar-refractivity contribution is 0.0696. The second kappa shape index (κ2) is 3.24. The Bertz CT molecular complexity index is 549. The summed E-state index contributed by atoms with van der Waals surface area (Å²) in [6.45, 7) is 1.80. The molecule has 0 aliphatic carbocycles. The van der Waals surface area contributed by atoms with Crippen molar-refractivity contribution in [3.8, 4) is 5.75 Å². The van der Waals surface area contributed by atoms with E-state index in [1.807, 2.05) is 0 Å². The minimum atomic E-state index is -1.14. The quantitative estimate of drug-likeness (QED) is 0.743. The summed E-state index contributed by atoms with van der Waals surface area (Å²) < 4.78 is 0. The summed E-state index contributed by atoms with van der Waals surface area (Å²) in [6, 6.07) is 4.63. The van der Waals surface area contributed by atoms with Crippen LogP contribution in [0, 0.1) is 6.92 Å². The molecule has 0 bridgehead atoms. The van der Waals surface area contributed by atoms with E-state index in [4.69, 9.17) is 5.11 Å². The number of aromatic nitrogens is 1. The zero-order chi connectivity index (χ0) is 11.0. The van der Waals surface area contributed by atoms with Crippen LogP contribution in [0.3, 0.4) is 0 Å². The van der Waals surface area contributed by atoms with E-state index in [-0.39, 0.29) is 11.3 Å². The second-order valence-electron chi connectivity index (χ2n) is 3.26. The highest BCUT2D eigenvalue weighted by Gasteiger charge is 2.14. The molecule has 2 N–H and O–H groups in total. The molecular weight excluding hydrogens is 194 g/mol. The molecule has 0 saturated carbocycles. The van der Waals surface area contributed by atoms with Gasteiger partial charge >= 0.3 is 5.97 Å². The van der Waals surface area contributed by atoms with Crippen molar-refractivity contribution in [2.75, 3.05) is 0 Å². The van der Waals surface area contributed by atoms with Gasteiger partial charge in [0.05, 0.1) is 0 Å². The molecule has 2 rings (SSSR count). The number of hydrogen-bond donors (Lipinski definition) is 2. The zero-order valence-electron chi connectivity index (χ0n) is 8.06. The van der Waals surface area contributed by atoms with E-state index in [2.05, 4.69) is 4.98 Å². The van der Waals surface area contributed by atoms with Crippen molar-refractivity contribution in [3.63, 3.8) is 0 Å². The van der Waals surface area contributed by atoms with E-state index < -0.39 is 5.97 Å². The van der Waals surface area contributed by atoms with Crippen molar-refractivity contribution in [2.24, 2.45) is 0 Å². The molecule has 0 aliphatic heterocycles. The fourth-order valence-electron chi connectivity index (χ4n) is 1.61. The van der Waals surface area contributed by atoms with E-state index in [9.17, 15) is 9.90 Å². The largest absolute Gasteiger partial charge is 0.507 e. The number of aryl methyl sites for hydroxylation is 1. The molecule has 0 spiro atoms. The van der Waals surface area contributed by atoms with Gasteiger partial charge in [0.15, 0.2) is 0 Å². The van der Waals surface area contributed by atoms with Gasteiger partial charge < -0.3 is 10.2 Å². The molecule has 0 atom stereocenters. The van der Waals surface area contributed by atoms with Crippen molar-refractivity contribution in [2.45, 2.75) is 6.92 Å². The number of rotatable bonds is 1. The van der Waals surface area contributed by atoms with Gasteiger partial charge in [0.1, 0.15) is 11.3 Å². The summed E-state index contributed by atoms with van der Waals surface area (Å²) >= 11 is 0.